The quantitative estimate of drug-likeness (QED) is 0.320. The number of amides is 1. The van der Waals surface area contributed by atoms with Crippen molar-refractivity contribution in [3.8, 4) is 17.6 Å². The van der Waals surface area contributed by atoms with Crippen molar-refractivity contribution >= 4 is 29.3 Å². The van der Waals surface area contributed by atoms with Crippen LogP contribution in [-0.2, 0) is 11.4 Å². The minimum atomic E-state index is -0.592. The van der Waals surface area contributed by atoms with Gasteiger partial charge in [0.05, 0.1) is 5.02 Å². The van der Waals surface area contributed by atoms with E-state index < -0.39 is 5.91 Å². The summed E-state index contributed by atoms with van der Waals surface area (Å²) in [6.07, 6.45) is 1.40. The summed E-state index contributed by atoms with van der Waals surface area (Å²) in [6, 6.07) is 18.6. The Balaban J connectivity index is 1.70. The predicted molar refractivity (Wildman–Crippen MR) is 113 cm³/mol. The second kappa shape index (κ2) is 9.59. The van der Waals surface area contributed by atoms with Gasteiger partial charge in [-0.15, -0.1) is 0 Å². The van der Waals surface area contributed by atoms with Crippen LogP contribution in [0.2, 0.25) is 5.02 Å². The highest BCUT2D eigenvalue weighted by atomic mass is 35.5. The minimum Gasteiger partial charge on any atom is -0.508 e. The van der Waals surface area contributed by atoms with Crippen molar-refractivity contribution in [1.29, 1.82) is 5.26 Å². The van der Waals surface area contributed by atoms with Gasteiger partial charge in [0, 0.05) is 5.69 Å². The van der Waals surface area contributed by atoms with E-state index in [1.54, 1.807) is 30.3 Å². The number of phenolic OH excluding ortho intramolecular Hbond substituents is 1. The van der Waals surface area contributed by atoms with Gasteiger partial charge in [-0.25, -0.2) is 4.39 Å². The summed E-state index contributed by atoms with van der Waals surface area (Å²) in [5.41, 5.74) is 1.52. The number of halogens is 2. The number of anilines is 1. The molecular weight excluding hydrogens is 407 g/mol. The Bertz CT molecular complexity index is 1140. The standard InChI is InChI=1S/C23H16ClFN2O3/c24-21-12-15(4-9-22(21)30-14-16-2-1-3-18(25)11-16)10-17(13-26)23(29)27-19-5-7-20(28)8-6-19/h1-12,28H,14H2,(H,27,29)/b17-10+. The molecule has 0 saturated heterocycles. The third-order valence-corrected chi connectivity index (χ3v) is 4.34. The second-order valence-corrected chi connectivity index (χ2v) is 6.69. The molecule has 0 aromatic heterocycles. The van der Waals surface area contributed by atoms with E-state index in [1.165, 1.54) is 42.5 Å². The van der Waals surface area contributed by atoms with Gasteiger partial charge < -0.3 is 15.2 Å². The van der Waals surface area contributed by atoms with Gasteiger partial charge in [-0.1, -0.05) is 29.8 Å². The first kappa shape index (κ1) is 20.9. The molecule has 0 aliphatic rings. The van der Waals surface area contributed by atoms with E-state index in [-0.39, 0.29) is 28.8 Å². The third kappa shape index (κ3) is 5.60. The van der Waals surface area contributed by atoms with Crippen LogP contribution in [0.15, 0.2) is 72.3 Å². The number of hydrogen-bond donors (Lipinski definition) is 2. The van der Waals surface area contributed by atoms with E-state index in [9.17, 15) is 19.6 Å². The fourth-order valence-corrected chi connectivity index (χ4v) is 2.81. The number of nitriles is 1. The number of nitrogens with zero attached hydrogens (tertiary/aromatic N) is 1. The smallest absolute Gasteiger partial charge is 0.266 e. The molecular formula is C23H16ClFN2O3. The summed E-state index contributed by atoms with van der Waals surface area (Å²) in [7, 11) is 0. The fraction of sp³-hybridized carbons (Fsp3) is 0.0435. The lowest BCUT2D eigenvalue weighted by Crippen LogP contribution is -2.13. The molecule has 2 N–H and O–H groups in total. The molecule has 0 unspecified atom stereocenters. The highest BCUT2D eigenvalue weighted by molar-refractivity contribution is 6.32. The monoisotopic (exact) mass is 422 g/mol. The normalized spacial score (nSPS) is 10.9. The lowest BCUT2D eigenvalue weighted by molar-refractivity contribution is -0.112. The van der Waals surface area contributed by atoms with E-state index in [4.69, 9.17) is 16.3 Å². The zero-order valence-corrected chi connectivity index (χ0v) is 16.4. The molecule has 0 aliphatic heterocycles. The molecule has 3 aromatic rings. The molecule has 0 spiro atoms. The zero-order valence-electron chi connectivity index (χ0n) is 15.6. The fourth-order valence-electron chi connectivity index (χ4n) is 2.57. The van der Waals surface area contributed by atoms with Crippen molar-refractivity contribution in [3.05, 3.63) is 94.3 Å². The van der Waals surface area contributed by atoms with E-state index in [1.807, 2.05) is 6.07 Å². The third-order valence-electron chi connectivity index (χ3n) is 4.04. The van der Waals surface area contributed by atoms with Crippen LogP contribution in [0.1, 0.15) is 11.1 Å². The Morgan fingerprint density at radius 2 is 1.93 bits per heavy atom. The van der Waals surface area contributed by atoms with Crippen molar-refractivity contribution in [2.24, 2.45) is 0 Å². The molecule has 0 saturated carbocycles. The number of rotatable bonds is 6. The van der Waals surface area contributed by atoms with Crippen molar-refractivity contribution in [1.82, 2.24) is 0 Å². The molecule has 0 bridgehead atoms. The van der Waals surface area contributed by atoms with Crippen LogP contribution >= 0.6 is 11.6 Å². The summed E-state index contributed by atoms with van der Waals surface area (Å²) in [5, 5.41) is 21.5. The first-order valence-electron chi connectivity index (χ1n) is 8.83. The Kier molecular flexibility index (Phi) is 6.68. The van der Waals surface area contributed by atoms with Crippen molar-refractivity contribution in [2.75, 3.05) is 5.32 Å². The molecule has 3 rings (SSSR count). The van der Waals surface area contributed by atoms with Gasteiger partial charge in [-0.3, -0.25) is 4.79 Å². The second-order valence-electron chi connectivity index (χ2n) is 6.28. The van der Waals surface area contributed by atoms with Gasteiger partial charge in [-0.2, -0.15) is 5.26 Å². The maximum Gasteiger partial charge on any atom is 0.266 e. The Labute approximate surface area is 177 Å². The summed E-state index contributed by atoms with van der Waals surface area (Å²) in [4.78, 5) is 12.3. The topological polar surface area (TPSA) is 82.3 Å². The van der Waals surface area contributed by atoms with Gasteiger partial charge in [0.2, 0.25) is 0 Å². The van der Waals surface area contributed by atoms with Gasteiger partial charge in [0.15, 0.2) is 0 Å². The van der Waals surface area contributed by atoms with Gasteiger partial charge in [0.1, 0.15) is 35.6 Å². The molecule has 0 fully saturated rings. The molecule has 1 amide bonds. The molecule has 0 radical (unpaired) electrons. The van der Waals surface area contributed by atoms with E-state index in [2.05, 4.69) is 5.32 Å². The van der Waals surface area contributed by atoms with E-state index in [0.29, 0.717) is 22.6 Å². The Hall–Kier alpha value is -3.82. The molecule has 5 nitrogen and oxygen atoms in total. The van der Waals surface area contributed by atoms with E-state index in [0.717, 1.165) is 0 Å². The number of carbonyl (C=O) groups excluding carboxylic acids is 1. The summed E-state index contributed by atoms with van der Waals surface area (Å²) >= 11 is 6.24. The molecule has 3 aromatic carbocycles. The zero-order chi connectivity index (χ0) is 21.5. The minimum absolute atomic E-state index is 0.0680. The van der Waals surface area contributed by atoms with Crippen LogP contribution in [-0.4, -0.2) is 11.0 Å². The predicted octanol–water partition coefficient (Wildman–Crippen LogP) is 5.31. The van der Waals surface area contributed by atoms with Gasteiger partial charge in [-0.05, 0) is 65.7 Å². The number of carbonyl (C=O) groups is 1. The number of aromatic hydroxyl groups is 1. The summed E-state index contributed by atoms with van der Waals surface area (Å²) in [6.45, 7) is 0.144. The lowest BCUT2D eigenvalue weighted by atomic mass is 10.1. The van der Waals surface area contributed by atoms with Crippen LogP contribution in [0.4, 0.5) is 10.1 Å². The van der Waals surface area contributed by atoms with Crippen molar-refractivity contribution in [3.63, 3.8) is 0 Å². The maximum atomic E-state index is 13.2. The number of benzene rings is 3. The number of phenols is 1. The highest BCUT2D eigenvalue weighted by Crippen LogP contribution is 2.27. The van der Waals surface area contributed by atoms with E-state index >= 15 is 0 Å². The molecule has 7 heteroatoms. The number of ether oxygens (including phenoxy) is 1. The SMILES string of the molecule is N#C/C(=C\c1ccc(OCc2cccc(F)c2)c(Cl)c1)C(=O)Nc1ccc(O)cc1. The van der Waals surface area contributed by atoms with Crippen LogP contribution in [0, 0.1) is 17.1 Å². The first-order chi connectivity index (χ1) is 14.4. The maximum absolute atomic E-state index is 13.2. The average Bonchev–Trinajstić information content (AvgIpc) is 2.73. The molecule has 0 heterocycles. The summed E-state index contributed by atoms with van der Waals surface area (Å²) in [5.74, 6) is -0.480. The van der Waals surface area contributed by atoms with Crippen LogP contribution in [0.25, 0.3) is 6.08 Å². The number of nitrogens with one attached hydrogen (secondary N) is 1. The van der Waals surface area contributed by atoms with Crippen LogP contribution in [0.5, 0.6) is 11.5 Å². The highest BCUT2D eigenvalue weighted by Gasteiger charge is 2.11. The Morgan fingerprint density at radius 1 is 1.17 bits per heavy atom. The van der Waals surface area contributed by atoms with Crippen molar-refractivity contribution < 1.29 is 19.0 Å². The summed E-state index contributed by atoms with van der Waals surface area (Å²) < 4.78 is 18.9. The molecule has 0 atom stereocenters. The van der Waals surface area contributed by atoms with Gasteiger partial charge in [0.25, 0.3) is 5.91 Å². The lowest BCUT2D eigenvalue weighted by Gasteiger charge is -2.09. The van der Waals surface area contributed by atoms with Crippen LogP contribution in [0.3, 0.4) is 0 Å². The average molecular weight is 423 g/mol. The molecule has 0 aliphatic carbocycles. The van der Waals surface area contributed by atoms with Crippen molar-refractivity contribution in [2.45, 2.75) is 6.61 Å². The number of hydrogen-bond acceptors (Lipinski definition) is 4. The van der Waals surface area contributed by atoms with Gasteiger partial charge >= 0.3 is 0 Å². The van der Waals surface area contributed by atoms with Crippen LogP contribution < -0.4 is 10.1 Å². The molecule has 150 valence electrons. The first-order valence-corrected chi connectivity index (χ1v) is 9.21. The largest absolute Gasteiger partial charge is 0.508 e. The Morgan fingerprint density at radius 3 is 2.60 bits per heavy atom. The molecule has 30 heavy (non-hydrogen) atoms.